The number of aryl methyl sites for hydroxylation is 1. The Kier molecular flexibility index (Phi) is 4.98. The molecule has 0 spiro atoms. The first-order valence-electron chi connectivity index (χ1n) is 7.18. The van der Waals surface area contributed by atoms with Gasteiger partial charge in [0.05, 0.1) is 7.11 Å². The molecule has 0 saturated carbocycles. The maximum absolute atomic E-state index is 5.16. The summed E-state index contributed by atoms with van der Waals surface area (Å²) < 4.78 is 5.16. The summed E-state index contributed by atoms with van der Waals surface area (Å²) in [5.41, 5.74) is 1.92. The van der Waals surface area contributed by atoms with Crippen LogP contribution in [0.2, 0.25) is 0 Å². The Balaban J connectivity index is 2.22. The quantitative estimate of drug-likeness (QED) is 0.882. The van der Waals surface area contributed by atoms with Crippen molar-refractivity contribution < 1.29 is 4.74 Å². The van der Waals surface area contributed by atoms with E-state index >= 15 is 0 Å². The van der Waals surface area contributed by atoms with Gasteiger partial charge in [0.15, 0.2) is 0 Å². The molecule has 0 aliphatic rings. The molecule has 1 aromatic carbocycles. The number of methoxy groups -OCH3 is 1. The fraction of sp³-hybridized carbons (Fsp3) is 0.375. The molecule has 0 aliphatic carbocycles. The van der Waals surface area contributed by atoms with Crippen LogP contribution in [-0.2, 0) is 0 Å². The van der Waals surface area contributed by atoms with Gasteiger partial charge in [-0.05, 0) is 45.0 Å². The molecule has 1 aromatic heterocycles. The third-order valence-electron chi connectivity index (χ3n) is 3.25. The first-order chi connectivity index (χ1) is 10.2. The summed E-state index contributed by atoms with van der Waals surface area (Å²) in [4.78, 5) is 11.2. The zero-order chi connectivity index (χ0) is 15.2. The summed E-state index contributed by atoms with van der Waals surface area (Å²) in [5.74, 6) is 2.40. The summed E-state index contributed by atoms with van der Waals surface area (Å²) in [6.45, 7) is 7.97. The summed E-state index contributed by atoms with van der Waals surface area (Å²) in [7, 11) is 1.66. The van der Waals surface area contributed by atoms with E-state index in [4.69, 9.17) is 4.74 Å². The maximum atomic E-state index is 5.16. The van der Waals surface area contributed by atoms with Crippen LogP contribution in [0.15, 0.2) is 30.3 Å². The lowest BCUT2D eigenvalue weighted by Crippen LogP contribution is -2.24. The largest absolute Gasteiger partial charge is 0.497 e. The lowest BCUT2D eigenvalue weighted by Gasteiger charge is -2.19. The predicted molar refractivity (Wildman–Crippen MR) is 86.6 cm³/mol. The van der Waals surface area contributed by atoms with E-state index < -0.39 is 0 Å². The van der Waals surface area contributed by atoms with E-state index in [-0.39, 0.29) is 0 Å². The first kappa shape index (κ1) is 15.1. The Morgan fingerprint density at radius 2 is 1.76 bits per heavy atom. The second-order valence-electron chi connectivity index (χ2n) is 4.72. The molecule has 5 heteroatoms. The van der Waals surface area contributed by atoms with Gasteiger partial charge in [-0.1, -0.05) is 0 Å². The Bertz CT molecular complexity index is 579. The number of ether oxygens (including phenoxy) is 1. The van der Waals surface area contributed by atoms with Crippen LogP contribution >= 0.6 is 0 Å². The van der Waals surface area contributed by atoms with Crippen molar-refractivity contribution in [2.24, 2.45) is 0 Å². The minimum absolute atomic E-state index is 0.760. The molecule has 0 amide bonds. The van der Waals surface area contributed by atoms with Crippen molar-refractivity contribution in [3.8, 4) is 5.75 Å². The topological polar surface area (TPSA) is 50.3 Å². The highest BCUT2D eigenvalue weighted by molar-refractivity contribution is 5.58. The minimum atomic E-state index is 0.760. The number of nitrogens with zero attached hydrogens (tertiary/aromatic N) is 3. The molecular weight excluding hydrogens is 264 g/mol. The molecule has 0 atom stereocenters. The van der Waals surface area contributed by atoms with Crippen LogP contribution in [0.1, 0.15) is 19.5 Å². The third-order valence-corrected chi connectivity index (χ3v) is 3.25. The number of rotatable bonds is 6. The number of hydrogen-bond acceptors (Lipinski definition) is 5. The van der Waals surface area contributed by atoms with Crippen LogP contribution in [0, 0.1) is 6.92 Å². The Morgan fingerprint density at radius 3 is 2.33 bits per heavy atom. The number of nitrogens with one attached hydrogen (secondary N) is 1. The molecule has 0 bridgehead atoms. The lowest BCUT2D eigenvalue weighted by molar-refractivity contribution is 0.415. The number of aromatic nitrogens is 2. The molecule has 5 nitrogen and oxygen atoms in total. The predicted octanol–water partition coefficient (Wildman–Crippen LogP) is 3.38. The monoisotopic (exact) mass is 286 g/mol. The van der Waals surface area contributed by atoms with E-state index in [1.165, 1.54) is 0 Å². The van der Waals surface area contributed by atoms with Crippen molar-refractivity contribution in [2.75, 3.05) is 30.4 Å². The fourth-order valence-corrected chi connectivity index (χ4v) is 2.09. The molecule has 0 radical (unpaired) electrons. The normalized spacial score (nSPS) is 10.3. The van der Waals surface area contributed by atoms with Gasteiger partial charge in [0.1, 0.15) is 11.6 Å². The highest BCUT2D eigenvalue weighted by Gasteiger charge is 2.08. The van der Waals surface area contributed by atoms with Crippen LogP contribution < -0.4 is 15.0 Å². The summed E-state index contributed by atoms with van der Waals surface area (Å²) in [6.07, 6.45) is 0. The number of anilines is 3. The third kappa shape index (κ3) is 3.84. The lowest BCUT2D eigenvalue weighted by atomic mass is 10.3. The van der Waals surface area contributed by atoms with Gasteiger partial charge < -0.3 is 15.0 Å². The SMILES string of the molecule is CCN(CC)c1nc(C)cc(Nc2ccc(OC)cc2)n1. The van der Waals surface area contributed by atoms with Gasteiger partial charge >= 0.3 is 0 Å². The van der Waals surface area contributed by atoms with E-state index in [1.807, 2.05) is 37.3 Å². The van der Waals surface area contributed by atoms with Crippen molar-refractivity contribution in [1.82, 2.24) is 9.97 Å². The molecule has 2 aromatic rings. The molecule has 1 heterocycles. The van der Waals surface area contributed by atoms with Crippen LogP contribution in [0.3, 0.4) is 0 Å². The summed E-state index contributed by atoms with van der Waals surface area (Å²) in [6, 6.07) is 9.71. The van der Waals surface area contributed by atoms with Crippen molar-refractivity contribution in [3.05, 3.63) is 36.0 Å². The molecule has 0 aliphatic heterocycles. The summed E-state index contributed by atoms with van der Waals surface area (Å²) >= 11 is 0. The van der Waals surface area contributed by atoms with E-state index in [0.717, 1.165) is 42.0 Å². The molecule has 1 N–H and O–H groups in total. The van der Waals surface area contributed by atoms with Crippen molar-refractivity contribution in [3.63, 3.8) is 0 Å². The van der Waals surface area contributed by atoms with Crippen LogP contribution in [0.5, 0.6) is 5.75 Å². The van der Waals surface area contributed by atoms with Crippen LogP contribution in [0.4, 0.5) is 17.5 Å². The first-order valence-corrected chi connectivity index (χ1v) is 7.18. The van der Waals surface area contributed by atoms with E-state index in [9.17, 15) is 0 Å². The Labute approximate surface area is 126 Å². The van der Waals surface area contributed by atoms with E-state index in [0.29, 0.717) is 0 Å². The average molecular weight is 286 g/mol. The standard InChI is InChI=1S/C16H22N4O/c1-5-20(6-2)16-17-12(3)11-15(19-16)18-13-7-9-14(21-4)10-8-13/h7-11H,5-6H2,1-4H3,(H,17,18,19). The number of benzene rings is 1. The maximum Gasteiger partial charge on any atom is 0.227 e. The highest BCUT2D eigenvalue weighted by Crippen LogP contribution is 2.20. The molecule has 0 unspecified atom stereocenters. The second kappa shape index (κ2) is 6.92. The van der Waals surface area contributed by atoms with Gasteiger partial charge in [0, 0.05) is 30.5 Å². The molecule has 21 heavy (non-hydrogen) atoms. The van der Waals surface area contributed by atoms with Gasteiger partial charge in [0.2, 0.25) is 5.95 Å². The molecule has 0 saturated heterocycles. The molecule has 2 rings (SSSR count). The second-order valence-corrected chi connectivity index (χ2v) is 4.72. The van der Waals surface area contributed by atoms with E-state index in [1.54, 1.807) is 7.11 Å². The fourth-order valence-electron chi connectivity index (χ4n) is 2.09. The van der Waals surface area contributed by atoms with Gasteiger partial charge in [-0.25, -0.2) is 4.98 Å². The van der Waals surface area contributed by atoms with Crippen LogP contribution in [-0.4, -0.2) is 30.2 Å². The van der Waals surface area contributed by atoms with E-state index in [2.05, 4.69) is 34.0 Å². The van der Waals surface area contributed by atoms with Crippen molar-refractivity contribution >= 4 is 17.5 Å². The molecule has 112 valence electrons. The van der Waals surface area contributed by atoms with Crippen molar-refractivity contribution in [1.29, 1.82) is 0 Å². The highest BCUT2D eigenvalue weighted by atomic mass is 16.5. The van der Waals surface area contributed by atoms with Crippen molar-refractivity contribution in [2.45, 2.75) is 20.8 Å². The van der Waals surface area contributed by atoms with Crippen LogP contribution in [0.25, 0.3) is 0 Å². The minimum Gasteiger partial charge on any atom is -0.497 e. The Morgan fingerprint density at radius 1 is 1.10 bits per heavy atom. The van der Waals surface area contributed by atoms with Gasteiger partial charge in [0.25, 0.3) is 0 Å². The zero-order valence-corrected chi connectivity index (χ0v) is 13.1. The average Bonchev–Trinajstić information content (AvgIpc) is 2.49. The zero-order valence-electron chi connectivity index (χ0n) is 13.1. The molecule has 0 fully saturated rings. The summed E-state index contributed by atoms with van der Waals surface area (Å²) in [5, 5.41) is 3.31. The number of hydrogen-bond donors (Lipinski definition) is 1. The van der Waals surface area contributed by atoms with Gasteiger partial charge in [-0.2, -0.15) is 4.98 Å². The van der Waals surface area contributed by atoms with Gasteiger partial charge in [-0.15, -0.1) is 0 Å². The Hall–Kier alpha value is -2.30. The van der Waals surface area contributed by atoms with Gasteiger partial charge in [-0.3, -0.25) is 0 Å². The molecular formula is C16H22N4O. The smallest absolute Gasteiger partial charge is 0.227 e.